The average molecular weight is 434 g/mol. The molecule has 4 rings (SSSR count). The van der Waals surface area contributed by atoms with Crippen LogP contribution in [0.15, 0.2) is 42.5 Å². The quantitative estimate of drug-likeness (QED) is 0.753. The van der Waals surface area contributed by atoms with E-state index in [-0.39, 0.29) is 5.91 Å². The molecular weight excluding hydrogens is 413 g/mol. The Morgan fingerprint density at radius 2 is 1.86 bits per heavy atom. The van der Waals surface area contributed by atoms with Crippen molar-refractivity contribution < 1.29 is 14.3 Å². The van der Waals surface area contributed by atoms with Gasteiger partial charge in [0.15, 0.2) is 0 Å². The van der Waals surface area contributed by atoms with Crippen LogP contribution in [0.1, 0.15) is 12.5 Å². The number of fused-ring (bicyclic) bond motifs is 1. The molecule has 1 fully saturated rings. The lowest BCUT2D eigenvalue weighted by atomic mass is 10.00. The molecule has 0 radical (unpaired) electrons. The third-order valence-electron chi connectivity index (χ3n) is 5.36. The third-order valence-corrected chi connectivity index (χ3v) is 5.96. The van der Waals surface area contributed by atoms with Crippen LogP contribution in [0.2, 0.25) is 10.0 Å². The molecule has 0 bridgehead atoms. The molecule has 1 saturated heterocycles. The number of benzene rings is 2. The fraction of sp³-hybridized carbons (Fsp3) is 0.333. The highest BCUT2D eigenvalue weighted by molar-refractivity contribution is 6.31. The Kier molecular flexibility index (Phi) is 5.42. The summed E-state index contributed by atoms with van der Waals surface area (Å²) in [6.07, 6.45) is 0. The monoisotopic (exact) mass is 433 g/mol. The molecular formula is C21H21Cl2N3O3. The topological polar surface area (TPSA) is 61.9 Å². The standard InChI is InChI=1S/C21H21Cl2N3O3/c1-21(19(27)24-17-12-15(22)6-7-18(17)29-21)20(28)26-10-8-25(9-11-26)13-14-4-2-3-5-16(14)23/h2-7,12H,8-11,13H2,1H3,(H,24,27). The molecule has 2 aromatic carbocycles. The van der Waals surface area contributed by atoms with E-state index in [1.807, 2.05) is 24.3 Å². The van der Waals surface area contributed by atoms with Crippen molar-refractivity contribution in [2.75, 3.05) is 31.5 Å². The Morgan fingerprint density at radius 1 is 1.14 bits per heavy atom. The minimum Gasteiger partial charge on any atom is -0.466 e. The van der Waals surface area contributed by atoms with Gasteiger partial charge in [-0.25, -0.2) is 0 Å². The van der Waals surface area contributed by atoms with Gasteiger partial charge in [0.2, 0.25) is 0 Å². The van der Waals surface area contributed by atoms with E-state index in [1.54, 1.807) is 23.1 Å². The highest BCUT2D eigenvalue weighted by Crippen LogP contribution is 2.36. The van der Waals surface area contributed by atoms with Crippen LogP contribution < -0.4 is 10.1 Å². The molecule has 2 heterocycles. The summed E-state index contributed by atoms with van der Waals surface area (Å²) in [5.41, 5.74) is -0.0744. The molecule has 0 spiro atoms. The van der Waals surface area contributed by atoms with Crippen molar-refractivity contribution in [2.24, 2.45) is 0 Å². The number of nitrogens with zero attached hydrogens (tertiary/aromatic N) is 2. The van der Waals surface area contributed by atoms with Gasteiger partial charge in [-0.15, -0.1) is 0 Å². The van der Waals surface area contributed by atoms with Crippen LogP contribution in [-0.2, 0) is 16.1 Å². The molecule has 8 heteroatoms. The van der Waals surface area contributed by atoms with Crippen molar-refractivity contribution in [1.29, 1.82) is 0 Å². The largest absolute Gasteiger partial charge is 0.466 e. The van der Waals surface area contributed by atoms with Gasteiger partial charge in [0, 0.05) is 42.8 Å². The van der Waals surface area contributed by atoms with E-state index in [0.717, 1.165) is 17.1 Å². The van der Waals surface area contributed by atoms with Crippen LogP contribution in [0, 0.1) is 0 Å². The van der Waals surface area contributed by atoms with Crippen molar-refractivity contribution in [3.05, 3.63) is 58.1 Å². The lowest BCUT2D eigenvalue weighted by molar-refractivity contribution is -0.155. The Morgan fingerprint density at radius 3 is 2.59 bits per heavy atom. The third kappa shape index (κ3) is 3.92. The summed E-state index contributed by atoms with van der Waals surface area (Å²) in [5, 5.41) is 3.96. The molecule has 6 nitrogen and oxygen atoms in total. The van der Waals surface area contributed by atoms with Crippen LogP contribution in [0.25, 0.3) is 0 Å². The second-order valence-electron chi connectivity index (χ2n) is 7.39. The number of nitrogens with one attached hydrogen (secondary N) is 1. The van der Waals surface area contributed by atoms with Gasteiger partial charge in [0.1, 0.15) is 5.75 Å². The van der Waals surface area contributed by atoms with Gasteiger partial charge in [-0.05, 0) is 36.8 Å². The van der Waals surface area contributed by atoms with Crippen molar-refractivity contribution in [1.82, 2.24) is 9.80 Å². The molecule has 0 aromatic heterocycles. The highest BCUT2D eigenvalue weighted by atomic mass is 35.5. The van der Waals surface area contributed by atoms with E-state index in [0.29, 0.717) is 42.6 Å². The van der Waals surface area contributed by atoms with Crippen LogP contribution in [0.3, 0.4) is 0 Å². The fourth-order valence-corrected chi connectivity index (χ4v) is 3.98. The summed E-state index contributed by atoms with van der Waals surface area (Å²) in [4.78, 5) is 29.7. The number of halogens is 2. The van der Waals surface area contributed by atoms with Gasteiger partial charge in [0.05, 0.1) is 5.69 Å². The number of anilines is 1. The first kappa shape index (κ1) is 20.0. The molecule has 2 amide bonds. The predicted molar refractivity (Wildman–Crippen MR) is 112 cm³/mol. The maximum absolute atomic E-state index is 13.2. The minimum absolute atomic E-state index is 0.340. The molecule has 0 saturated carbocycles. The highest BCUT2D eigenvalue weighted by Gasteiger charge is 2.49. The SMILES string of the molecule is CC1(C(=O)N2CCN(Cc3ccccc3Cl)CC2)Oc2ccc(Cl)cc2NC1=O. The second kappa shape index (κ2) is 7.86. The molecule has 0 aliphatic carbocycles. The molecule has 1 unspecified atom stereocenters. The molecule has 1 atom stereocenters. The van der Waals surface area contributed by atoms with E-state index in [1.165, 1.54) is 6.92 Å². The zero-order valence-electron chi connectivity index (χ0n) is 16.0. The lowest BCUT2D eigenvalue weighted by Gasteiger charge is -2.40. The number of carbonyl (C=O) groups excluding carboxylic acids is 2. The van der Waals surface area contributed by atoms with E-state index >= 15 is 0 Å². The fourth-order valence-electron chi connectivity index (χ4n) is 3.62. The Balaban J connectivity index is 1.42. The summed E-state index contributed by atoms with van der Waals surface area (Å²) in [6, 6.07) is 12.7. The van der Waals surface area contributed by atoms with Gasteiger partial charge in [-0.3, -0.25) is 14.5 Å². The number of piperazine rings is 1. The molecule has 2 aliphatic heterocycles. The Bertz CT molecular complexity index is 960. The van der Waals surface area contributed by atoms with Crippen molar-refractivity contribution in [3.8, 4) is 5.75 Å². The van der Waals surface area contributed by atoms with E-state index in [9.17, 15) is 9.59 Å². The van der Waals surface area contributed by atoms with Crippen LogP contribution in [-0.4, -0.2) is 53.4 Å². The van der Waals surface area contributed by atoms with E-state index in [4.69, 9.17) is 27.9 Å². The zero-order chi connectivity index (χ0) is 20.6. The number of amides is 2. The summed E-state index contributed by atoms with van der Waals surface area (Å²) in [6.45, 7) is 4.66. The molecule has 1 N–H and O–H groups in total. The number of carbonyl (C=O) groups is 2. The number of ether oxygens (including phenoxy) is 1. The number of hydrogen-bond donors (Lipinski definition) is 1. The van der Waals surface area contributed by atoms with Gasteiger partial charge < -0.3 is 15.0 Å². The lowest BCUT2D eigenvalue weighted by Crippen LogP contribution is -2.62. The first-order valence-corrected chi connectivity index (χ1v) is 10.2. The number of rotatable bonds is 3. The van der Waals surface area contributed by atoms with E-state index in [2.05, 4.69) is 10.2 Å². The maximum atomic E-state index is 13.2. The number of hydrogen-bond acceptors (Lipinski definition) is 4. The van der Waals surface area contributed by atoms with Crippen molar-refractivity contribution in [3.63, 3.8) is 0 Å². The summed E-state index contributed by atoms with van der Waals surface area (Å²) in [7, 11) is 0. The van der Waals surface area contributed by atoms with Crippen LogP contribution >= 0.6 is 23.2 Å². The molecule has 29 heavy (non-hydrogen) atoms. The first-order valence-electron chi connectivity index (χ1n) is 9.42. The van der Waals surface area contributed by atoms with Crippen molar-refractivity contribution >= 4 is 40.7 Å². The molecule has 2 aliphatic rings. The predicted octanol–water partition coefficient (Wildman–Crippen LogP) is 3.43. The molecule has 2 aromatic rings. The summed E-state index contributed by atoms with van der Waals surface area (Å²) >= 11 is 12.2. The zero-order valence-corrected chi connectivity index (χ0v) is 17.5. The van der Waals surface area contributed by atoms with Gasteiger partial charge in [-0.2, -0.15) is 0 Å². The summed E-state index contributed by atoms with van der Waals surface area (Å²) in [5.74, 6) is -0.397. The maximum Gasteiger partial charge on any atom is 0.278 e. The van der Waals surface area contributed by atoms with Gasteiger partial charge in [0.25, 0.3) is 17.4 Å². The normalized spacial score (nSPS) is 21.9. The first-order chi connectivity index (χ1) is 13.9. The Labute approximate surface area is 179 Å². The average Bonchev–Trinajstić information content (AvgIpc) is 2.71. The van der Waals surface area contributed by atoms with Crippen molar-refractivity contribution in [2.45, 2.75) is 19.1 Å². The van der Waals surface area contributed by atoms with E-state index < -0.39 is 11.5 Å². The smallest absolute Gasteiger partial charge is 0.278 e. The van der Waals surface area contributed by atoms with Crippen LogP contribution in [0.4, 0.5) is 5.69 Å². The van der Waals surface area contributed by atoms with Crippen LogP contribution in [0.5, 0.6) is 5.75 Å². The van der Waals surface area contributed by atoms with Gasteiger partial charge >= 0.3 is 0 Å². The summed E-state index contributed by atoms with van der Waals surface area (Å²) < 4.78 is 5.85. The Hall–Kier alpha value is -2.28. The van der Waals surface area contributed by atoms with Gasteiger partial charge in [-0.1, -0.05) is 41.4 Å². The second-order valence-corrected chi connectivity index (χ2v) is 8.23. The minimum atomic E-state index is -1.61. The molecule has 152 valence electrons.